The van der Waals surface area contributed by atoms with Crippen LogP contribution in [0.15, 0.2) is 54.6 Å². The van der Waals surface area contributed by atoms with Gasteiger partial charge in [-0.05, 0) is 48.4 Å². The predicted molar refractivity (Wildman–Crippen MR) is 111 cm³/mol. The number of hydrogen-bond donors (Lipinski definition) is 3. The molecular weight excluding hydrogens is 372 g/mol. The van der Waals surface area contributed by atoms with Crippen LogP contribution in [0.3, 0.4) is 0 Å². The third-order valence-corrected chi connectivity index (χ3v) is 4.27. The minimum atomic E-state index is -0.859. The molecule has 0 saturated carbocycles. The van der Waals surface area contributed by atoms with Crippen molar-refractivity contribution in [2.45, 2.75) is 19.1 Å². The van der Waals surface area contributed by atoms with Gasteiger partial charge in [0, 0.05) is 12.6 Å². The van der Waals surface area contributed by atoms with E-state index in [2.05, 4.69) is 10.6 Å². The molecule has 0 aliphatic rings. The Balaban J connectivity index is 1.79. The second-order valence-electron chi connectivity index (χ2n) is 6.37. The molecule has 0 aliphatic carbocycles. The largest absolute Gasteiger partial charge is 0.497 e. The van der Waals surface area contributed by atoms with E-state index in [1.165, 1.54) is 6.08 Å². The van der Waals surface area contributed by atoms with E-state index in [4.69, 9.17) is 9.47 Å². The highest BCUT2D eigenvalue weighted by Crippen LogP contribution is 2.17. The van der Waals surface area contributed by atoms with Crippen LogP contribution in [0.4, 0.5) is 0 Å². The SMILES string of the molecule is COc1ccc(/C=C/C(=O)NC(C)C(=O)NCC(O)c2ccc(OC)cc2)cc1. The lowest BCUT2D eigenvalue weighted by Gasteiger charge is -2.16. The summed E-state index contributed by atoms with van der Waals surface area (Å²) in [6.07, 6.45) is 2.15. The maximum atomic E-state index is 12.2. The van der Waals surface area contributed by atoms with Gasteiger partial charge in [-0.25, -0.2) is 0 Å². The summed E-state index contributed by atoms with van der Waals surface area (Å²) in [7, 11) is 3.15. The van der Waals surface area contributed by atoms with Gasteiger partial charge in [0.2, 0.25) is 11.8 Å². The van der Waals surface area contributed by atoms with Gasteiger partial charge in [0.15, 0.2) is 0 Å². The highest BCUT2D eigenvalue weighted by atomic mass is 16.5. The van der Waals surface area contributed by atoms with Crippen LogP contribution in [-0.4, -0.2) is 43.7 Å². The second-order valence-corrected chi connectivity index (χ2v) is 6.37. The first-order valence-electron chi connectivity index (χ1n) is 9.15. The minimum Gasteiger partial charge on any atom is -0.497 e. The first kappa shape index (κ1) is 22.0. The lowest BCUT2D eigenvalue weighted by atomic mass is 10.1. The van der Waals surface area contributed by atoms with Gasteiger partial charge in [0.25, 0.3) is 0 Å². The number of amides is 2. The number of ether oxygens (including phenoxy) is 2. The van der Waals surface area contributed by atoms with Gasteiger partial charge >= 0.3 is 0 Å². The quantitative estimate of drug-likeness (QED) is 0.562. The molecular formula is C22H26N2O5. The molecule has 0 heterocycles. The van der Waals surface area contributed by atoms with E-state index in [1.54, 1.807) is 63.6 Å². The van der Waals surface area contributed by atoms with E-state index in [1.807, 2.05) is 12.1 Å². The molecule has 2 amide bonds. The molecule has 0 aliphatic heterocycles. The average Bonchev–Trinajstić information content (AvgIpc) is 2.76. The van der Waals surface area contributed by atoms with Crippen LogP contribution >= 0.6 is 0 Å². The summed E-state index contributed by atoms with van der Waals surface area (Å²) in [5, 5.41) is 15.4. The molecule has 29 heavy (non-hydrogen) atoms. The van der Waals surface area contributed by atoms with Crippen molar-refractivity contribution in [3.63, 3.8) is 0 Å². The van der Waals surface area contributed by atoms with Crippen molar-refractivity contribution >= 4 is 17.9 Å². The van der Waals surface area contributed by atoms with Gasteiger partial charge in [-0.3, -0.25) is 9.59 Å². The molecule has 0 bridgehead atoms. The number of carbonyl (C=O) groups is 2. The Morgan fingerprint density at radius 2 is 1.55 bits per heavy atom. The molecule has 0 spiro atoms. The molecule has 0 aromatic heterocycles. The van der Waals surface area contributed by atoms with Crippen LogP contribution in [0.5, 0.6) is 11.5 Å². The Kier molecular flexibility index (Phi) is 8.24. The van der Waals surface area contributed by atoms with Crippen LogP contribution in [0.2, 0.25) is 0 Å². The Bertz CT molecular complexity index is 831. The van der Waals surface area contributed by atoms with E-state index >= 15 is 0 Å². The number of benzene rings is 2. The van der Waals surface area contributed by atoms with E-state index in [-0.39, 0.29) is 18.4 Å². The third-order valence-electron chi connectivity index (χ3n) is 4.27. The van der Waals surface area contributed by atoms with Gasteiger partial charge in [-0.15, -0.1) is 0 Å². The molecule has 0 saturated heterocycles. The van der Waals surface area contributed by atoms with E-state index in [9.17, 15) is 14.7 Å². The summed E-state index contributed by atoms with van der Waals surface area (Å²) >= 11 is 0. The number of nitrogens with one attached hydrogen (secondary N) is 2. The van der Waals surface area contributed by atoms with Crippen molar-refractivity contribution in [3.8, 4) is 11.5 Å². The van der Waals surface area contributed by atoms with Gasteiger partial charge < -0.3 is 25.2 Å². The third kappa shape index (κ3) is 6.97. The zero-order valence-corrected chi connectivity index (χ0v) is 16.7. The Morgan fingerprint density at radius 1 is 1.00 bits per heavy atom. The van der Waals surface area contributed by atoms with Crippen molar-refractivity contribution in [2.75, 3.05) is 20.8 Å². The summed E-state index contributed by atoms with van der Waals surface area (Å²) in [5.74, 6) is 0.640. The van der Waals surface area contributed by atoms with Gasteiger partial charge in [0.1, 0.15) is 17.5 Å². The maximum Gasteiger partial charge on any atom is 0.244 e. The van der Waals surface area contributed by atoms with Crippen LogP contribution in [0, 0.1) is 0 Å². The fourth-order valence-corrected chi connectivity index (χ4v) is 2.51. The Morgan fingerprint density at radius 3 is 2.10 bits per heavy atom. The summed E-state index contributed by atoms with van der Waals surface area (Å²) < 4.78 is 10.2. The number of aliphatic hydroxyl groups excluding tert-OH is 1. The molecule has 7 heteroatoms. The van der Waals surface area contributed by atoms with E-state index in [0.29, 0.717) is 11.3 Å². The van der Waals surface area contributed by atoms with Crippen molar-refractivity contribution < 1.29 is 24.2 Å². The number of hydrogen-bond acceptors (Lipinski definition) is 5. The summed E-state index contributed by atoms with van der Waals surface area (Å²) in [6, 6.07) is 13.4. The summed E-state index contributed by atoms with van der Waals surface area (Å²) in [6.45, 7) is 1.61. The highest BCUT2D eigenvalue weighted by molar-refractivity contribution is 5.95. The summed E-state index contributed by atoms with van der Waals surface area (Å²) in [4.78, 5) is 24.2. The average molecular weight is 398 g/mol. The van der Waals surface area contributed by atoms with E-state index < -0.39 is 12.1 Å². The van der Waals surface area contributed by atoms with Gasteiger partial charge in [-0.2, -0.15) is 0 Å². The first-order chi connectivity index (χ1) is 13.9. The standard InChI is InChI=1S/C22H26N2O5/c1-15(24-21(26)13-6-16-4-9-18(28-2)10-5-16)22(27)23-14-20(25)17-7-11-19(29-3)12-8-17/h4-13,15,20,25H,14H2,1-3H3,(H,23,27)(H,24,26)/b13-6+. The highest BCUT2D eigenvalue weighted by Gasteiger charge is 2.16. The molecule has 0 fully saturated rings. The molecule has 7 nitrogen and oxygen atoms in total. The molecule has 2 unspecified atom stereocenters. The van der Waals surface area contributed by atoms with Crippen LogP contribution in [0.25, 0.3) is 6.08 Å². The fraction of sp³-hybridized carbons (Fsp3) is 0.273. The normalized spacial score (nSPS) is 12.8. The van der Waals surface area contributed by atoms with Crippen LogP contribution in [0.1, 0.15) is 24.2 Å². The number of aliphatic hydroxyl groups is 1. The summed E-state index contributed by atoms with van der Waals surface area (Å²) in [5.41, 5.74) is 1.49. The zero-order valence-electron chi connectivity index (χ0n) is 16.7. The molecule has 2 rings (SSSR count). The Labute approximate surface area is 170 Å². The predicted octanol–water partition coefficient (Wildman–Crippen LogP) is 2.07. The number of carbonyl (C=O) groups excluding carboxylic acids is 2. The van der Waals surface area contributed by atoms with Gasteiger partial charge in [0.05, 0.1) is 20.3 Å². The maximum absolute atomic E-state index is 12.2. The number of rotatable bonds is 9. The zero-order chi connectivity index (χ0) is 21.2. The Hall–Kier alpha value is -3.32. The fourth-order valence-electron chi connectivity index (χ4n) is 2.51. The topological polar surface area (TPSA) is 96.9 Å². The van der Waals surface area contributed by atoms with Crippen LogP contribution in [-0.2, 0) is 9.59 Å². The first-order valence-corrected chi connectivity index (χ1v) is 9.15. The van der Waals surface area contributed by atoms with Crippen molar-refractivity contribution in [1.82, 2.24) is 10.6 Å². The molecule has 0 radical (unpaired) electrons. The van der Waals surface area contributed by atoms with E-state index in [0.717, 1.165) is 11.3 Å². The smallest absolute Gasteiger partial charge is 0.244 e. The molecule has 2 aromatic carbocycles. The lowest BCUT2D eigenvalue weighted by Crippen LogP contribution is -2.45. The van der Waals surface area contributed by atoms with Crippen molar-refractivity contribution in [1.29, 1.82) is 0 Å². The van der Waals surface area contributed by atoms with Crippen LogP contribution < -0.4 is 20.1 Å². The van der Waals surface area contributed by atoms with Crippen molar-refractivity contribution in [3.05, 3.63) is 65.7 Å². The van der Waals surface area contributed by atoms with Gasteiger partial charge in [-0.1, -0.05) is 24.3 Å². The monoisotopic (exact) mass is 398 g/mol. The molecule has 2 atom stereocenters. The van der Waals surface area contributed by atoms with Crippen molar-refractivity contribution in [2.24, 2.45) is 0 Å². The number of methoxy groups -OCH3 is 2. The second kappa shape index (κ2) is 10.9. The minimum absolute atomic E-state index is 0.0348. The molecule has 2 aromatic rings. The lowest BCUT2D eigenvalue weighted by molar-refractivity contribution is -0.126. The molecule has 154 valence electrons. The molecule has 3 N–H and O–H groups in total.